The highest BCUT2D eigenvalue weighted by atomic mass is 79.9. The number of furan rings is 2. The van der Waals surface area contributed by atoms with Crippen molar-refractivity contribution in [2.75, 3.05) is 50.0 Å². The van der Waals surface area contributed by atoms with Crippen LogP contribution >= 0.6 is 40.1 Å². The van der Waals surface area contributed by atoms with Crippen LogP contribution in [0.1, 0.15) is 86.8 Å². The van der Waals surface area contributed by atoms with Crippen molar-refractivity contribution in [3.8, 4) is 22.3 Å². The number of aryl methyl sites for hydroxylation is 2. The van der Waals surface area contributed by atoms with Gasteiger partial charge in [-0.2, -0.15) is 0 Å². The fraction of sp³-hybridized carbons (Fsp3) is 0.407. The largest absolute Gasteiger partial charge is 0.697 e. The first-order valence-electron chi connectivity index (χ1n) is 23.6. The Morgan fingerprint density at radius 3 is 1.38 bits per heavy atom. The first kappa shape index (κ1) is 51.3. The van der Waals surface area contributed by atoms with E-state index in [9.17, 15) is 4.57 Å². The number of anilines is 2. The van der Waals surface area contributed by atoms with E-state index in [1.807, 2.05) is 12.1 Å². The maximum Gasteiger partial charge on any atom is 0.697 e. The number of halogens is 2. The van der Waals surface area contributed by atoms with Crippen molar-refractivity contribution in [3.05, 3.63) is 152 Å². The molecule has 66 heavy (non-hydrogen) atoms. The highest BCUT2D eigenvalue weighted by molar-refractivity contribution is 9.10. The van der Waals surface area contributed by atoms with Crippen molar-refractivity contribution >= 4 is 51.5 Å². The lowest BCUT2D eigenvalue weighted by Crippen LogP contribution is -2.16. The van der Waals surface area contributed by atoms with E-state index in [0.717, 1.165) is 111 Å². The third-order valence-corrected chi connectivity index (χ3v) is 13.5. The van der Waals surface area contributed by atoms with Gasteiger partial charge in [0.05, 0.1) is 25.1 Å². The Kier molecular flexibility index (Phi) is 21.5. The second-order valence-corrected chi connectivity index (χ2v) is 20.5. The van der Waals surface area contributed by atoms with E-state index in [2.05, 4.69) is 154 Å². The molecular weight excluding hydrogens is 975 g/mol. The summed E-state index contributed by atoms with van der Waals surface area (Å²) in [7, 11) is -2.16. The van der Waals surface area contributed by atoms with Crippen LogP contribution in [0.4, 0.5) is 11.4 Å². The molecule has 0 aliphatic heterocycles. The number of nitrogens with one attached hydrogen (secondary N) is 4. The molecule has 2 heterocycles. The van der Waals surface area contributed by atoms with Gasteiger partial charge >= 0.3 is 8.25 Å². The Morgan fingerprint density at radius 1 is 0.545 bits per heavy atom. The molecular formula is C54H68Br2N4O5P+. The third kappa shape index (κ3) is 17.2. The molecule has 0 aliphatic rings. The van der Waals surface area contributed by atoms with Crippen LogP contribution in [-0.2, 0) is 52.4 Å². The van der Waals surface area contributed by atoms with E-state index >= 15 is 0 Å². The van der Waals surface area contributed by atoms with Crippen LogP contribution in [0.2, 0.25) is 0 Å². The van der Waals surface area contributed by atoms with Gasteiger partial charge in [-0.25, -0.2) is 0 Å². The van der Waals surface area contributed by atoms with Crippen LogP contribution < -0.4 is 21.3 Å². The summed E-state index contributed by atoms with van der Waals surface area (Å²) in [5.41, 5.74) is 14.3. The first-order valence-corrected chi connectivity index (χ1v) is 26.3. The fourth-order valence-corrected chi connectivity index (χ4v) is 9.74. The Labute approximate surface area is 410 Å². The van der Waals surface area contributed by atoms with E-state index in [1.54, 1.807) is 25.1 Å². The Balaban J connectivity index is 0.831. The van der Waals surface area contributed by atoms with Gasteiger partial charge in [0, 0.05) is 73.3 Å². The highest BCUT2D eigenvalue weighted by Gasteiger charge is 2.19. The molecule has 352 valence electrons. The quantitative estimate of drug-likeness (QED) is 0.0259. The van der Waals surface area contributed by atoms with Gasteiger partial charge in [-0.05, 0) is 158 Å². The van der Waals surface area contributed by atoms with Crippen LogP contribution in [0, 0.1) is 11.8 Å². The van der Waals surface area contributed by atoms with Crippen LogP contribution in [0.5, 0.6) is 0 Å². The van der Waals surface area contributed by atoms with Gasteiger partial charge in [0.15, 0.2) is 0 Å². The molecule has 2 aromatic heterocycles. The van der Waals surface area contributed by atoms with Crippen molar-refractivity contribution < 1.29 is 22.4 Å². The summed E-state index contributed by atoms with van der Waals surface area (Å²) in [6.07, 6.45) is 14.7. The van der Waals surface area contributed by atoms with E-state index in [0.29, 0.717) is 38.1 Å². The molecule has 12 heteroatoms. The molecule has 6 rings (SSSR count). The van der Waals surface area contributed by atoms with E-state index in [1.165, 1.54) is 42.3 Å². The Morgan fingerprint density at radius 2 is 0.985 bits per heavy atom. The van der Waals surface area contributed by atoms with Crippen LogP contribution in [0.3, 0.4) is 0 Å². The van der Waals surface area contributed by atoms with E-state index < -0.39 is 8.25 Å². The monoisotopic (exact) mass is 1040 g/mol. The molecule has 6 aromatic rings. The third-order valence-electron chi connectivity index (χ3n) is 11.3. The van der Waals surface area contributed by atoms with Crippen LogP contribution in [0.15, 0.2) is 128 Å². The van der Waals surface area contributed by atoms with Gasteiger partial charge in [-0.1, -0.05) is 96.0 Å². The molecule has 0 saturated carbocycles. The first-order chi connectivity index (χ1) is 32.1. The predicted molar refractivity (Wildman–Crippen MR) is 279 cm³/mol. The Bertz CT molecular complexity index is 2210. The molecule has 0 bridgehead atoms. The summed E-state index contributed by atoms with van der Waals surface area (Å²) in [5, 5.41) is 14.3. The number of hydrogen-bond donors (Lipinski definition) is 4. The van der Waals surface area contributed by atoms with Crippen molar-refractivity contribution in [3.63, 3.8) is 0 Å². The average Bonchev–Trinajstić information content (AvgIpc) is 4.05. The van der Waals surface area contributed by atoms with Crippen molar-refractivity contribution in [2.45, 2.75) is 92.2 Å². The molecule has 4 aromatic carbocycles. The molecule has 0 saturated heterocycles. The summed E-state index contributed by atoms with van der Waals surface area (Å²) in [6.45, 7) is 14.3. The Hall–Kier alpha value is -4.06. The standard InChI is InChI=1S/C54H68Br2N4O5P/c1-39(2)29-45-15-11-41(33-51(45)55)9-5-23-59-53-17-13-43(31-49(53)47-19-27-62-37-47)35-57-21-7-25-64-66(61)65-26-8-22-58-36-44-14-18-54(50(32-44)48-20-28-63-38-48)60-24-6-10-42-12-16-46(30-40(3)4)52(56)34-42/h11-20,27-28,31-34,37-40,57-60H,5-10,21-26,29-30,35-36H2,1-4H3/q+1. The SMILES string of the molecule is CC(C)Cc1ccc(CCCNc2ccc(CNCCCO[P+](=O)OCCCNCc3ccc(NCCCc4ccc(CC(C)C)c(Br)c4)c(-c4ccoc4)c3)cc2-c2ccoc2)cc1Br. The van der Waals surface area contributed by atoms with Crippen LogP contribution in [0.25, 0.3) is 22.3 Å². The minimum atomic E-state index is -2.16. The zero-order chi connectivity index (χ0) is 46.5. The van der Waals surface area contributed by atoms with Gasteiger partial charge in [0.2, 0.25) is 0 Å². The van der Waals surface area contributed by atoms with Crippen LogP contribution in [-0.4, -0.2) is 39.4 Å². The van der Waals surface area contributed by atoms with E-state index in [4.69, 9.17) is 17.9 Å². The van der Waals surface area contributed by atoms with Crippen molar-refractivity contribution in [1.82, 2.24) is 10.6 Å². The predicted octanol–water partition coefficient (Wildman–Crippen LogP) is 14.6. The minimum Gasteiger partial charge on any atom is -0.472 e. The van der Waals surface area contributed by atoms with Gasteiger partial charge < -0.3 is 30.1 Å². The molecule has 0 fully saturated rings. The average molecular weight is 1040 g/mol. The van der Waals surface area contributed by atoms with Gasteiger partial charge in [-0.15, -0.1) is 9.05 Å². The summed E-state index contributed by atoms with van der Waals surface area (Å²) >= 11 is 7.55. The lowest BCUT2D eigenvalue weighted by molar-refractivity contribution is 0.220. The summed E-state index contributed by atoms with van der Waals surface area (Å²) in [4.78, 5) is 0. The van der Waals surface area contributed by atoms with Crippen molar-refractivity contribution in [1.29, 1.82) is 0 Å². The zero-order valence-electron chi connectivity index (χ0n) is 39.1. The number of rotatable bonds is 30. The zero-order valence-corrected chi connectivity index (χ0v) is 43.2. The normalized spacial score (nSPS) is 11.5. The van der Waals surface area contributed by atoms with Crippen molar-refractivity contribution in [2.24, 2.45) is 11.8 Å². The molecule has 0 atom stereocenters. The number of benzene rings is 4. The number of hydrogen-bond acceptors (Lipinski definition) is 9. The molecule has 4 N–H and O–H groups in total. The minimum absolute atomic E-state index is 0.358. The van der Waals surface area contributed by atoms with E-state index in [-0.39, 0.29) is 0 Å². The lowest BCUT2D eigenvalue weighted by atomic mass is 10.0. The molecule has 9 nitrogen and oxygen atoms in total. The maximum atomic E-state index is 12.4. The second-order valence-electron chi connectivity index (χ2n) is 17.8. The summed E-state index contributed by atoms with van der Waals surface area (Å²) in [5.74, 6) is 1.27. The molecule has 0 aliphatic carbocycles. The second kappa shape index (κ2) is 27.7. The molecule has 0 unspecified atom stereocenters. The fourth-order valence-electron chi connectivity index (χ4n) is 7.93. The van der Waals surface area contributed by atoms with Gasteiger partial charge in [0.1, 0.15) is 13.2 Å². The topological polar surface area (TPSA) is 110 Å². The lowest BCUT2D eigenvalue weighted by Gasteiger charge is -2.14. The maximum absolute atomic E-state index is 12.4. The molecule has 0 spiro atoms. The molecule has 0 amide bonds. The summed E-state index contributed by atoms with van der Waals surface area (Å²) < 4.78 is 36.6. The van der Waals surface area contributed by atoms with Gasteiger partial charge in [0.25, 0.3) is 0 Å². The highest BCUT2D eigenvalue weighted by Crippen LogP contribution is 2.32. The smallest absolute Gasteiger partial charge is 0.472 e. The summed E-state index contributed by atoms with van der Waals surface area (Å²) in [6, 6.07) is 30.6. The molecule has 0 radical (unpaired) electrons. The van der Waals surface area contributed by atoms with Gasteiger partial charge in [-0.3, -0.25) is 0 Å².